The number of nitrogens with zero attached hydrogens (tertiary/aromatic N) is 2. The van der Waals surface area contributed by atoms with Crippen molar-refractivity contribution < 1.29 is 14.0 Å². The number of halogens is 1. The molecule has 0 spiro atoms. The fourth-order valence-electron chi connectivity index (χ4n) is 4.43. The molecule has 1 aromatic carbocycles. The van der Waals surface area contributed by atoms with Gasteiger partial charge in [0.2, 0.25) is 0 Å². The second-order valence-corrected chi connectivity index (χ2v) is 8.80. The number of carbonyl (C=O) groups is 2. The molecule has 0 unspecified atom stereocenters. The number of carbonyl (C=O) groups excluding carboxylic acids is 2. The molecule has 1 aromatic heterocycles. The van der Waals surface area contributed by atoms with Gasteiger partial charge in [0.1, 0.15) is 11.6 Å². The van der Waals surface area contributed by atoms with E-state index in [2.05, 4.69) is 27.7 Å². The Morgan fingerprint density at radius 2 is 1.91 bits per heavy atom. The number of amides is 1. The standard InChI is InChI=1S/C25H29FN4O2/c1-30(2)22-14-24(29-21-6-4-3-5-19(21)22)28-18-10-7-16(8-11-18)15-27-25(32)20-12-9-17(26)13-23(20)31/h3-6,9,12,14,16,18H,7-8,10-11,13,15H2,1-2H3,(H,27,32)(H,28,29)/t16-,18+. The lowest BCUT2D eigenvalue weighted by molar-refractivity contribution is -0.122. The van der Waals surface area contributed by atoms with Crippen molar-refractivity contribution in [3.8, 4) is 0 Å². The van der Waals surface area contributed by atoms with E-state index in [1.165, 1.54) is 12.2 Å². The number of hydrogen-bond acceptors (Lipinski definition) is 5. The Hall–Kier alpha value is -3.22. The van der Waals surface area contributed by atoms with E-state index in [1.807, 2.05) is 32.3 Å². The van der Waals surface area contributed by atoms with Gasteiger partial charge in [0.15, 0.2) is 5.78 Å². The van der Waals surface area contributed by atoms with E-state index < -0.39 is 17.5 Å². The molecule has 0 atom stereocenters. The molecule has 2 aromatic rings. The lowest BCUT2D eigenvalue weighted by Crippen LogP contribution is -2.36. The van der Waals surface area contributed by atoms with E-state index in [1.54, 1.807) is 0 Å². The van der Waals surface area contributed by atoms with Gasteiger partial charge in [-0.2, -0.15) is 0 Å². The Balaban J connectivity index is 1.31. The van der Waals surface area contributed by atoms with Crippen molar-refractivity contribution >= 4 is 34.1 Å². The van der Waals surface area contributed by atoms with Gasteiger partial charge in [-0.15, -0.1) is 0 Å². The molecule has 4 rings (SSSR count). The monoisotopic (exact) mass is 436 g/mol. The van der Waals surface area contributed by atoms with E-state index >= 15 is 0 Å². The molecule has 0 saturated heterocycles. The van der Waals surface area contributed by atoms with Crippen LogP contribution in [0.15, 0.2) is 53.9 Å². The zero-order valence-corrected chi connectivity index (χ0v) is 18.5. The summed E-state index contributed by atoms with van der Waals surface area (Å²) in [7, 11) is 4.07. The van der Waals surface area contributed by atoms with Crippen molar-refractivity contribution in [3.63, 3.8) is 0 Å². The van der Waals surface area contributed by atoms with Crippen LogP contribution in [0.25, 0.3) is 10.9 Å². The van der Waals surface area contributed by atoms with Crippen molar-refractivity contribution in [2.75, 3.05) is 30.9 Å². The van der Waals surface area contributed by atoms with E-state index in [9.17, 15) is 14.0 Å². The summed E-state index contributed by atoms with van der Waals surface area (Å²) in [5.41, 5.74) is 2.15. The molecule has 32 heavy (non-hydrogen) atoms. The third kappa shape index (κ3) is 4.98. The van der Waals surface area contributed by atoms with Gasteiger partial charge in [-0.05, 0) is 49.8 Å². The van der Waals surface area contributed by atoms with Gasteiger partial charge in [-0.25, -0.2) is 9.37 Å². The molecule has 1 amide bonds. The smallest absolute Gasteiger partial charge is 0.254 e. The van der Waals surface area contributed by atoms with Gasteiger partial charge in [0, 0.05) is 43.8 Å². The average Bonchev–Trinajstić information content (AvgIpc) is 2.78. The number of para-hydroxylation sites is 1. The topological polar surface area (TPSA) is 74.3 Å². The van der Waals surface area contributed by atoms with Crippen LogP contribution >= 0.6 is 0 Å². The summed E-state index contributed by atoms with van der Waals surface area (Å²) < 4.78 is 13.1. The molecule has 2 aliphatic rings. The first-order valence-electron chi connectivity index (χ1n) is 11.1. The number of nitrogens with one attached hydrogen (secondary N) is 2. The first-order valence-corrected chi connectivity index (χ1v) is 11.1. The molecule has 1 saturated carbocycles. The summed E-state index contributed by atoms with van der Waals surface area (Å²) in [5, 5.41) is 7.58. The highest BCUT2D eigenvalue weighted by Crippen LogP contribution is 2.30. The third-order valence-corrected chi connectivity index (χ3v) is 6.23. The lowest BCUT2D eigenvalue weighted by atomic mass is 9.86. The number of Topliss-reactive ketones (excluding diaryl/α,β-unsaturated/α-hetero) is 1. The first-order chi connectivity index (χ1) is 15.4. The van der Waals surface area contributed by atoms with Crippen LogP contribution in [0.1, 0.15) is 32.1 Å². The number of benzene rings is 1. The van der Waals surface area contributed by atoms with Crippen LogP contribution in [0, 0.1) is 5.92 Å². The van der Waals surface area contributed by atoms with E-state index in [0.29, 0.717) is 18.5 Å². The van der Waals surface area contributed by atoms with Gasteiger partial charge in [0.25, 0.3) is 5.91 Å². The van der Waals surface area contributed by atoms with Crippen LogP contribution in [-0.2, 0) is 9.59 Å². The molecule has 0 radical (unpaired) electrons. The second-order valence-electron chi connectivity index (χ2n) is 8.80. The van der Waals surface area contributed by atoms with Crippen molar-refractivity contribution in [1.82, 2.24) is 10.3 Å². The van der Waals surface area contributed by atoms with E-state index in [-0.39, 0.29) is 12.0 Å². The summed E-state index contributed by atoms with van der Waals surface area (Å²) in [4.78, 5) is 31.0. The molecule has 6 nitrogen and oxygen atoms in total. The normalized spacial score (nSPS) is 21.0. The number of hydrogen-bond donors (Lipinski definition) is 2. The quantitative estimate of drug-likeness (QED) is 0.666. The maximum Gasteiger partial charge on any atom is 0.254 e. The van der Waals surface area contributed by atoms with Gasteiger partial charge < -0.3 is 15.5 Å². The van der Waals surface area contributed by atoms with Crippen molar-refractivity contribution in [2.24, 2.45) is 5.92 Å². The zero-order valence-electron chi connectivity index (χ0n) is 18.5. The highest BCUT2D eigenvalue weighted by Gasteiger charge is 2.25. The minimum atomic E-state index is -0.504. The fourth-order valence-corrected chi connectivity index (χ4v) is 4.43. The van der Waals surface area contributed by atoms with Crippen molar-refractivity contribution in [3.05, 3.63) is 53.9 Å². The van der Waals surface area contributed by atoms with Gasteiger partial charge in [-0.1, -0.05) is 18.2 Å². The predicted molar refractivity (Wildman–Crippen MR) is 125 cm³/mol. The van der Waals surface area contributed by atoms with Crippen LogP contribution < -0.4 is 15.5 Å². The first kappa shape index (κ1) is 22.0. The second kappa shape index (κ2) is 9.51. The number of rotatable bonds is 6. The maximum absolute atomic E-state index is 13.1. The summed E-state index contributed by atoms with van der Waals surface area (Å²) in [6.45, 7) is 0.529. The Bertz CT molecular complexity index is 1080. The number of allylic oxidation sites excluding steroid dienone is 3. The SMILES string of the molecule is CN(C)c1cc(N[C@H]2CC[C@@H](CNC(=O)C3=CC=C(F)CC3=O)CC2)nc2ccccc12. The van der Waals surface area contributed by atoms with Gasteiger partial charge in [0.05, 0.1) is 17.5 Å². The molecule has 1 heterocycles. The van der Waals surface area contributed by atoms with Crippen molar-refractivity contribution in [1.29, 1.82) is 0 Å². The van der Waals surface area contributed by atoms with Crippen LogP contribution in [0.2, 0.25) is 0 Å². The molecule has 1 fully saturated rings. The average molecular weight is 437 g/mol. The summed E-state index contributed by atoms with van der Waals surface area (Å²) >= 11 is 0. The number of fused-ring (bicyclic) bond motifs is 1. The molecule has 2 N–H and O–H groups in total. The Morgan fingerprint density at radius 1 is 1.16 bits per heavy atom. The number of ketones is 1. The van der Waals surface area contributed by atoms with E-state index in [4.69, 9.17) is 4.98 Å². The Labute approximate surface area is 187 Å². The minimum absolute atomic E-state index is 0.0424. The van der Waals surface area contributed by atoms with Crippen LogP contribution in [0.5, 0.6) is 0 Å². The molecule has 168 valence electrons. The zero-order chi connectivity index (χ0) is 22.7. The number of pyridine rings is 1. The molecule has 2 aliphatic carbocycles. The molecular formula is C25H29FN4O2. The number of aromatic nitrogens is 1. The van der Waals surface area contributed by atoms with E-state index in [0.717, 1.165) is 48.1 Å². The minimum Gasteiger partial charge on any atom is -0.377 e. The van der Waals surface area contributed by atoms with Gasteiger partial charge in [-0.3, -0.25) is 9.59 Å². The molecule has 0 bridgehead atoms. The number of anilines is 2. The fraction of sp³-hybridized carbons (Fsp3) is 0.400. The predicted octanol–water partition coefficient (Wildman–Crippen LogP) is 4.14. The third-order valence-electron chi connectivity index (χ3n) is 6.23. The van der Waals surface area contributed by atoms with Crippen LogP contribution in [0.3, 0.4) is 0 Å². The summed E-state index contributed by atoms with van der Waals surface area (Å²) in [5.74, 6) is -0.125. The van der Waals surface area contributed by atoms with Crippen molar-refractivity contribution in [2.45, 2.75) is 38.1 Å². The van der Waals surface area contributed by atoms with Crippen LogP contribution in [0.4, 0.5) is 15.9 Å². The molecule has 0 aliphatic heterocycles. The Morgan fingerprint density at radius 3 is 2.62 bits per heavy atom. The van der Waals surface area contributed by atoms with Gasteiger partial charge >= 0.3 is 0 Å². The van der Waals surface area contributed by atoms with Crippen LogP contribution in [-0.4, -0.2) is 43.4 Å². The maximum atomic E-state index is 13.1. The summed E-state index contributed by atoms with van der Waals surface area (Å²) in [6.07, 6.45) is 6.07. The highest BCUT2D eigenvalue weighted by molar-refractivity contribution is 6.20. The largest absolute Gasteiger partial charge is 0.377 e. The molecular weight excluding hydrogens is 407 g/mol. The Kier molecular flexibility index (Phi) is 6.53. The lowest BCUT2D eigenvalue weighted by Gasteiger charge is -2.30. The highest BCUT2D eigenvalue weighted by atomic mass is 19.1. The summed E-state index contributed by atoms with van der Waals surface area (Å²) in [6, 6.07) is 10.6. The molecule has 7 heteroatoms.